The second-order valence-corrected chi connectivity index (χ2v) is 6.26. The largest absolute Gasteiger partial charge is 0.497 e. The van der Waals surface area contributed by atoms with Crippen LogP contribution in [-0.4, -0.2) is 21.9 Å². The Labute approximate surface area is 150 Å². The molecule has 130 valence electrons. The number of ether oxygens (including phenoxy) is 1. The Hall–Kier alpha value is -3.34. The first-order valence-electron chi connectivity index (χ1n) is 8.44. The number of aromatic nitrogens is 3. The number of rotatable bonds is 4. The average Bonchev–Trinajstić information content (AvgIpc) is 3.08. The summed E-state index contributed by atoms with van der Waals surface area (Å²) in [5.41, 5.74) is 4.18. The van der Waals surface area contributed by atoms with Gasteiger partial charge in [0.25, 0.3) is 5.56 Å². The summed E-state index contributed by atoms with van der Waals surface area (Å²) in [6.45, 7) is 2.35. The maximum atomic E-state index is 13.1. The van der Waals surface area contributed by atoms with Gasteiger partial charge in [0.2, 0.25) is 0 Å². The Morgan fingerprint density at radius 3 is 2.65 bits per heavy atom. The second kappa shape index (κ2) is 6.52. The zero-order valence-corrected chi connectivity index (χ0v) is 14.7. The number of aryl methyl sites for hydroxylation is 1. The molecule has 2 heterocycles. The highest BCUT2D eigenvalue weighted by Crippen LogP contribution is 2.29. The van der Waals surface area contributed by atoms with E-state index in [0.29, 0.717) is 12.1 Å². The van der Waals surface area contributed by atoms with Crippen LogP contribution in [0.15, 0.2) is 65.6 Å². The highest BCUT2D eigenvalue weighted by atomic mass is 16.5. The minimum Gasteiger partial charge on any atom is -0.497 e. The van der Waals surface area contributed by atoms with Crippen LogP contribution in [0, 0.1) is 6.92 Å². The van der Waals surface area contributed by atoms with E-state index in [4.69, 9.17) is 4.74 Å². The Balaban J connectivity index is 1.86. The van der Waals surface area contributed by atoms with Gasteiger partial charge < -0.3 is 9.72 Å². The smallest absolute Gasteiger partial charge is 0.275 e. The molecule has 2 aromatic heterocycles. The van der Waals surface area contributed by atoms with Gasteiger partial charge in [0.05, 0.1) is 24.9 Å². The van der Waals surface area contributed by atoms with Crippen LogP contribution in [0.4, 0.5) is 0 Å². The molecule has 0 saturated heterocycles. The van der Waals surface area contributed by atoms with Crippen molar-refractivity contribution < 1.29 is 4.74 Å². The molecule has 26 heavy (non-hydrogen) atoms. The molecule has 0 radical (unpaired) electrons. The van der Waals surface area contributed by atoms with Crippen LogP contribution in [0.1, 0.15) is 11.3 Å². The summed E-state index contributed by atoms with van der Waals surface area (Å²) in [6.07, 6.45) is 1.87. The van der Waals surface area contributed by atoms with E-state index in [2.05, 4.69) is 10.1 Å². The van der Waals surface area contributed by atoms with Crippen LogP contribution < -0.4 is 10.3 Å². The number of methoxy groups -OCH3 is 1. The first kappa shape index (κ1) is 16.1. The highest BCUT2D eigenvalue weighted by Gasteiger charge is 2.14. The second-order valence-electron chi connectivity index (χ2n) is 6.26. The van der Waals surface area contributed by atoms with Crippen LogP contribution in [0.3, 0.4) is 0 Å². The molecule has 0 bridgehead atoms. The Morgan fingerprint density at radius 1 is 1.08 bits per heavy atom. The lowest BCUT2D eigenvalue weighted by Gasteiger charge is -2.09. The van der Waals surface area contributed by atoms with Gasteiger partial charge in [-0.25, -0.2) is 4.68 Å². The Bertz CT molecular complexity index is 1130. The molecule has 0 saturated carbocycles. The SMILES string of the molecule is COc1ccc2[nH]cc(-c3cc(C)nn(Cc4ccccc4)c3=O)c2c1. The molecule has 0 aliphatic carbocycles. The van der Waals surface area contributed by atoms with Crippen LogP contribution in [0.25, 0.3) is 22.0 Å². The van der Waals surface area contributed by atoms with Crippen LogP contribution in [0.5, 0.6) is 5.75 Å². The fourth-order valence-corrected chi connectivity index (χ4v) is 3.18. The summed E-state index contributed by atoms with van der Waals surface area (Å²) >= 11 is 0. The van der Waals surface area contributed by atoms with Gasteiger partial charge in [-0.05, 0) is 36.8 Å². The third-order valence-corrected chi connectivity index (χ3v) is 4.45. The standard InChI is InChI=1S/C21H19N3O2/c1-14-10-18(19-12-22-20-9-8-16(26-2)11-17(19)20)21(25)24(23-14)13-15-6-4-3-5-7-15/h3-12,22H,13H2,1-2H3. The number of nitrogens with zero attached hydrogens (tertiary/aromatic N) is 2. The van der Waals surface area contributed by atoms with E-state index in [-0.39, 0.29) is 5.56 Å². The quantitative estimate of drug-likeness (QED) is 0.613. The topological polar surface area (TPSA) is 59.9 Å². The molecule has 5 heteroatoms. The highest BCUT2D eigenvalue weighted by molar-refractivity contribution is 5.96. The van der Waals surface area contributed by atoms with Gasteiger partial charge in [-0.1, -0.05) is 30.3 Å². The predicted octanol–water partition coefficient (Wildman–Crippen LogP) is 3.76. The van der Waals surface area contributed by atoms with Crippen molar-refractivity contribution in [2.45, 2.75) is 13.5 Å². The van der Waals surface area contributed by atoms with Gasteiger partial charge >= 0.3 is 0 Å². The maximum absolute atomic E-state index is 13.1. The van der Waals surface area contributed by atoms with Crippen molar-refractivity contribution in [3.8, 4) is 16.9 Å². The zero-order valence-electron chi connectivity index (χ0n) is 14.7. The number of aromatic amines is 1. The van der Waals surface area contributed by atoms with Crippen molar-refractivity contribution >= 4 is 10.9 Å². The first-order valence-corrected chi connectivity index (χ1v) is 8.44. The summed E-state index contributed by atoms with van der Waals surface area (Å²) in [7, 11) is 1.64. The minimum atomic E-state index is -0.108. The molecular formula is C21H19N3O2. The molecule has 0 fully saturated rings. The molecule has 0 spiro atoms. The van der Waals surface area contributed by atoms with Crippen molar-refractivity contribution in [2.24, 2.45) is 0 Å². The molecule has 0 atom stereocenters. The monoisotopic (exact) mass is 345 g/mol. The molecule has 0 unspecified atom stereocenters. The van der Waals surface area contributed by atoms with Gasteiger partial charge in [0.15, 0.2) is 0 Å². The summed E-state index contributed by atoms with van der Waals surface area (Å²) in [5, 5.41) is 5.38. The number of hydrogen-bond acceptors (Lipinski definition) is 3. The van der Waals surface area contributed by atoms with E-state index >= 15 is 0 Å². The normalized spacial score (nSPS) is 11.0. The number of H-pyrrole nitrogens is 1. The molecule has 0 aliphatic rings. The summed E-state index contributed by atoms with van der Waals surface area (Å²) in [5.74, 6) is 0.758. The molecular weight excluding hydrogens is 326 g/mol. The lowest BCUT2D eigenvalue weighted by Crippen LogP contribution is -2.25. The van der Waals surface area contributed by atoms with E-state index in [1.54, 1.807) is 7.11 Å². The fourth-order valence-electron chi connectivity index (χ4n) is 3.18. The molecule has 1 N–H and O–H groups in total. The van der Waals surface area contributed by atoms with Gasteiger partial charge in [0.1, 0.15) is 5.75 Å². The van der Waals surface area contributed by atoms with E-state index in [0.717, 1.165) is 33.5 Å². The number of hydrogen-bond donors (Lipinski definition) is 1. The van der Waals surface area contributed by atoms with Crippen molar-refractivity contribution in [1.82, 2.24) is 14.8 Å². The molecule has 4 aromatic rings. The lowest BCUT2D eigenvalue weighted by molar-refractivity contribution is 0.415. The van der Waals surface area contributed by atoms with Crippen molar-refractivity contribution in [2.75, 3.05) is 7.11 Å². The summed E-state index contributed by atoms with van der Waals surface area (Å²) in [6, 6.07) is 17.5. The molecule has 2 aromatic carbocycles. The van der Waals surface area contributed by atoms with E-state index < -0.39 is 0 Å². The van der Waals surface area contributed by atoms with Crippen LogP contribution >= 0.6 is 0 Å². The van der Waals surface area contributed by atoms with E-state index in [9.17, 15) is 4.79 Å². The van der Waals surface area contributed by atoms with Gasteiger partial charge in [0, 0.05) is 22.7 Å². The van der Waals surface area contributed by atoms with Gasteiger partial charge in [-0.2, -0.15) is 5.10 Å². The summed E-state index contributed by atoms with van der Waals surface area (Å²) < 4.78 is 6.86. The van der Waals surface area contributed by atoms with Crippen molar-refractivity contribution in [3.05, 3.63) is 82.4 Å². The zero-order chi connectivity index (χ0) is 18.1. The van der Waals surface area contributed by atoms with Crippen LogP contribution in [0.2, 0.25) is 0 Å². The fraction of sp³-hybridized carbons (Fsp3) is 0.143. The lowest BCUT2D eigenvalue weighted by atomic mass is 10.1. The van der Waals surface area contributed by atoms with E-state index in [1.807, 2.05) is 67.7 Å². The third kappa shape index (κ3) is 2.88. The van der Waals surface area contributed by atoms with Crippen LogP contribution in [-0.2, 0) is 6.54 Å². The molecule has 0 aliphatic heterocycles. The maximum Gasteiger partial charge on any atom is 0.275 e. The minimum absolute atomic E-state index is 0.108. The third-order valence-electron chi connectivity index (χ3n) is 4.45. The van der Waals surface area contributed by atoms with Crippen molar-refractivity contribution in [3.63, 3.8) is 0 Å². The average molecular weight is 345 g/mol. The van der Waals surface area contributed by atoms with Crippen molar-refractivity contribution in [1.29, 1.82) is 0 Å². The molecule has 4 rings (SSSR count). The number of benzene rings is 2. The molecule has 0 amide bonds. The Kier molecular flexibility index (Phi) is 4.05. The predicted molar refractivity (Wildman–Crippen MR) is 103 cm³/mol. The number of fused-ring (bicyclic) bond motifs is 1. The molecule has 5 nitrogen and oxygen atoms in total. The van der Waals surface area contributed by atoms with Gasteiger partial charge in [-0.15, -0.1) is 0 Å². The van der Waals surface area contributed by atoms with E-state index in [1.165, 1.54) is 4.68 Å². The first-order chi connectivity index (χ1) is 12.7. The van der Waals surface area contributed by atoms with Gasteiger partial charge in [-0.3, -0.25) is 4.79 Å². The number of nitrogens with one attached hydrogen (secondary N) is 1. The summed E-state index contributed by atoms with van der Waals surface area (Å²) in [4.78, 5) is 16.3. The Morgan fingerprint density at radius 2 is 1.88 bits per heavy atom.